The summed E-state index contributed by atoms with van der Waals surface area (Å²) in [6.07, 6.45) is 5.23. The van der Waals surface area contributed by atoms with Gasteiger partial charge in [-0.1, -0.05) is 11.6 Å². The summed E-state index contributed by atoms with van der Waals surface area (Å²) in [6.45, 7) is 1.10. The van der Waals surface area contributed by atoms with Gasteiger partial charge in [-0.3, -0.25) is 0 Å². The highest BCUT2D eigenvalue weighted by molar-refractivity contribution is 6.32. The van der Waals surface area contributed by atoms with Crippen LogP contribution in [-0.2, 0) is 6.42 Å². The summed E-state index contributed by atoms with van der Waals surface area (Å²) in [7, 11) is 0. The Morgan fingerprint density at radius 1 is 1.53 bits per heavy atom. The summed E-state index contributed by atoms with van der Waals surface area (Å²) in [5.41, 5.74) is 7.46. The standard InChI is InChI=1S/C12H15ClN4/c13-12-10-4-3-8(14)7-17(10)11(16-12)6-9-2-1-5-15-9/h3-4,7,9,15H,1-2,5-6,14H2. The molecule has 1 unspecified atom stereocenters. The number of imidazole rings is 1. The first-order valence-corrected chi connectivity index (χ1v) is 6.27. The lowest BCUT2D eigenvalue weighted by Gasteiger charge is -2.08. The maximum atomic E-state index is 6.12. The third kappa shape index (κ3) is 1.98. The van der Waals surface area contributed by atoms with Gasteiger partial charge in [0.1, 0.15) is 5.82 Å². The van der Waals surface area contributed by atoms with E-state index in [1.807, 2.05) is 22.7 Å². The van der Waals surface area contributed by atoms with Crippen molar-refractivity contribution in [1.82, 2.24) is 14.7 Å². The van der Waals surface area contributed by atoms with Crippen LogP contribution in [0.2, 0.25) is 5.15 Å². The van der Waals surface area contributed by atoms with Crippen LogP contribution < -0.4 is 11.1 Å². The summed E-state index contributed by atoms with van der Waals surface area (Å²) >= 11 is 6.12. The number of nitrogen functional groups attached to an aromatic ring is 1. The SMILES string of the molecule is Nc1ccc2c(Cl)nc(CC3CCCN3)n2c1. The number of aromatic nitrogens is 2. The van der Waals surface area contributed by atoms with Crippen molar-refractivity contribution in [3.05, 3.63) is 29.3 Å². The van der Waals surface area contributed by atoms with Gasteiger partial charge in [-0.2, -0.15) is 0 Å². The molecule has 0 spiro atoms. The fourth-order valence-corrected chi connectivity index (χ4v) is 2.67. The zero-order valence-corrected chi connectivity index (χ0v) is 10.2. The lowest BCUT2D eigenvalue weighted by Crippen LogP contribution is -2.24. The molecule has 3 N–H and O–H groups in total. The van der Waals surface area contributed by atoms with E-state index in [-0.39, 0.29) is 0 Å². The Labute approximate surface area is 105 Å². The Bertz CT molecular complexity index is 543. The zero-order valence-electron chi connectivity index (χ0n) is 9.49. The number of anilines is 1. The van der Waals surface area contributed by atoms with Crippen molar-refractivity contribution >= 4 is 22.8 Å². The predicted molar refractivity (Wildman–Crippen MR) is 69.3 cm³/mol. The second-order valence-corrected chi connectivity index (χ2v) is 4.89. The number of nitrogens with one attached hydrogen (secondary N) is 1. The van der Waals surface area contributed by atoms with Gasteiger partial charge < -0.3 is 15.5 Å². The molecule has 0 aliphatic carbocycles. The lowest BCUT2D eigenvalue weighted by atomic mass is 10.1. The summed E-state index contributed by atoms with van der Waals surface area (Å²) in [4.78, 5) is 4.43. The number of fused-ring (bicyclic) bond motifs is 1. The van der Waals surface area contributed by atoms with E-state index in [0.29, 0.717) is 11.2 Å². The fraction of sp³-hybridized carbons (Fsp3) is 0.417. The van der Waals surface area contributed by atoms with E-state index in [0.717, 1.165) is 30.0 Å². The predicted octanol–water partition coefficient (Wildman–Crippen LogP) is 1.86. The van der Waals surface area contributed by atoms with Gasteiger partial charge in [-0.25, -0.2) is 4.98 Å². The quantitative estimate of drug-likeness (QED) is 0.856. The molecule has 90 valence electrons. The summed E-state index contributed by atoms with van der Waals surface area (Å²) in [5.74, 6) is 0.983. The van der Waals surface area contributed by atoms with Gasteiger partial charge in [0.05, 0.1) is 5.52 Å². The molecule has 17 heavy (non-hydrogen) atoms. The Morgan fingerprint density at radius 3 is 3.18 bits per heavy atom. The monoisotopic (exact) mass is 250 g/mol. The Hall–Kier alpha value is -1.26. The van der Waals surface area contributed by atoms with Gasteiger partial charge in [-0.15, -0.1) is 0 Å². The first-order valence-electron chi connectivity index (χ1n) is 5.89. The summed E-state index contributed by atoms with van der Waals surface area (Å²) in [6, 6.07) is 4.27. The molecule has 1 saturated heterocycles. The van der Waals surface area contributed by atoms with Crippen LogP contribution in [0.3, 0.4) is 0 Å². The number of rotatable bonds is 2. The highest BCUT2D eigenvalue weighted by atomic mass is 35.5. The van der Waals surface area contributed by atoms with E-state index < -0.39 is 0 Å². The van der Waals surface area contributed by atoms with Crippen LogP contribution in [-0.4, -0.2) is 22.0 Å². The molecule has 1 fully saturated rings. The Balaban J connectivity index is 2.00. The first kappa shape index (κ1) is 10.9. The van der Waals surface area contributed by atoms with Gasteiger partial charge in [0, 0.05) is 24.3 Å². The van der Waals surface area contributed by atoms with E-state index in [4.69, 9.17) is 17.3 Å². The van der Waals surface area contributed by atoms with Crippen molar-refractivity contribution in [2.45, 2.75) is 25.3 Å². The van der Waals surface area contributed by atoms with Gasteiger partial charge in [-0.05, 0) is 31.5 Å². The van der Waals surface area contributed by atoms with Crippen LogP contribution in [0.25, 0.3) is 5.52 Å². The average Bonchev–Trinajstić information content (AvgIpc) is 2.89. The van der Waals surface area contributed by atoms with Crippen LogP contribution in [0.5, 0.6) is 0 Å². The molecule has 5 heteroatoms. The van der Waals surface area contributed by atoms with Crippen molar-refractivity contribution in [2.24, 2.45) is 0 Å². The molecule has 1 aliphatic rings. The van der Waals surface area contributed by atoms with Crippen molar-refractivity contribution in [3.8, 4) is 0 Å². The van der Waals surface area contributed by atoms with Gasteiger partial charge in [0.25, 0.3) is 0 Å². The number of halogens is 1. The molecule has 4 nitrogen and oxygen atoms in total. The molecule has 1 aliphatic heterocycles. The molecule has 0 radical (unpaired) electrons. The van der Waals surface area contributed by atoms with Crippen molar-refractivity contribution < 1.29 is 0 Å². The largest absolute Gasteiger partial charge is 0.398 e. The fourth-order valence-electron chi connectivity index (χ4n) is 2.42. The molecule has 0 amide bonds. The van der Waals surface area contributed by atoms with Crippen LogP contribution >= 0.6 is 11.6 Å². The highest BCUT2D eigenvalue weighted by Gasteiger charge is 2.18. The van der Waals surface area contributed by atoms with Crippen molar-refractivity contribution in [3.63, 3.8) is 0 Å². The van der Waals surface area contributed by atoms with E-state index >= 15 is 0 Å². The van der Waals surface area contributed by atoms with Gasteiger partial charge in [0.15, 0.2) is 5.15 Å². The molecule has 2 aromatic rings. The normalized spacial score (nSPS) is 20.2. The summed E-state index contributed by atoms with van der Waals surface area (Å²) < 4.78 is 2.00. The van der Waals surface area contributed by atoms with Crippen LogP contribution in [0.1, 0.15) is 18.7 Å². The molecule has 0 bridgehead atoms. The number of pyridine rings is 1. The average molecular weight is 251 g/mol. The summed E-state index contributed by atoms with van der Waals surface area (Å²) in [5, 5.41) is 4.02. The van der Waals surface area contributed by atoms with E-state index in [2.05, 4.69) is 10.3 Å². The smallest absolute Gasteiger partial charge is 0.155 e. The van der Waals surface area contributed by atoms with Crippen molar-refractivity contribution in [1.29, 1.82) is 0 Å². The molecule has 0 aromatic carbocycles. The van der Waals surface area contributed by atoms with Crippen LogP contribution in [0.4, 0.5) is 5.69 Å². The van der Waals surface area contributed by atoms with E-state index in [1.165, 1.54) is 12.8 Å². The second kappa shape index (κ2) is 4.20. The molecule has 2 aromatic heterocycles. The third-order valence-corrected chi connectivity index (χ3v) is 3.56. The highest BCUT2D eigenvalue weighted by Crippen LogP contribution is 2.21. The lowest BCUT2D eigenvalue weighted by molar-refractivity contribution is 0.584. The Morgan fingerprint density at radius 2 is 2.41 bits per heavy atom. The minimum Gasteiger partial charge on any atom is -0.398 e. The molecule has 3 heterocycles. The number of hydrogen-bond donors (Lipinski definition) is 2. The van der Waals surface area contributed by atoms with Crippen LogP contribution in [0.15, 0.2) is 18.3 Å². The minimum atomic E-state index is 0.512. The van der Waals surface area contributed by atoms with Crippen molar-refractivity contribution in [2.75, 3.05) is 12.3 Å². The van der Waals surface area contributed by atoms with Gasteiger partial charge in [0.2, 0.25) is 0 Å². The van der Waals surface area contributed by atoms with Crippen LogP contribution in [0, 0.1) is 0 Å². The second-order valence-electron chi connectivity index (χ2n) is 4.53. The maximum absolute atomic E-state index is 6.12. The molecule has 0 saturated carbocycles. The number of nitrogens with zero attached hydrogens (tertiary/aromatic N) is 2. The molecular weight excluding hydrogens is 236 g/mol. The maximum Gasteiger partial charge on any atom is 0.155 e. The minimum absolute atomic E-state index is 0.512. The van der Waals surface area contributed by atoms with Gasteiger partial charge >= 0.3 is 0 Å². The van der Waals surface area contributed by atoms with E-state index in [1.54, 1.807) is 0 Å². The topological polar surface area (TPSA) is 55.3 Å². The number of hydrogen-bond acceptors (Lipinski definition) is 3. The molecule has 1 atom stereocenters. The Kier molecular flexibility index (Phi) is 2.68. The molecular formula is C12H15ClN4. The third-order valence-electron chi connectivity index (χ3n) is 3.28. The first-order chi connectivity index (χ1) is 8.24. The van der Waals surface area contributed by atoms with E-state index in [9.17, 15) is 0 Å². The molecule has 3 rings (SSSR count). The number of nitrogens with two attached hydrogens (primary N) is 1. The zero-order chi connectivity index (χ0) is 11.8.